The molecule has 0 bridgehead atoms. The van der Waals surface area contributed by atoms with Crippen molar-refractivity contribution >= 4 is 17.0 Å². The van der Waals surface area contributed by atoms with Gasteiger partial charge in [-0.05, 0) is 31.4 Å². The highest BCUT2D eigenvalue weighted by molar-refractivity contribution is 5.82. The number of aryl methyl sites for hydroxylation is 1. The number of benzene rings is 1. The zero-order chi connectivity index (χ0) is 13.1. The van der Waals surface area contributed by atoms with Gasteiger partial charge in [0.1, 0.15) is 5.54 Å². The molecule has 1 saturated carbocycles. The van der Waals surface area contributed by atoms with Gasteiger partial charge in [0.2, 0.25) is 5.95 Å². The number of nitrogen functional groups attached to an aromatic ring is 1. The summed E-state index contributed by atoms with van der Waals surface area (Å²) in [6.07, 6.45) is -4.15. The maximum absolute atomic E-state index is 13.2. The second kappa shape index (κ2) is 3.18. The van der Waals surface area contributed by atoms with Crippen LogP contribution < -0.4 is 5.73 Å². The second-order valence-corrected chi connectivity index (χ2v) is 4.78. The molecule has 96 valence electrons. The Labute approximate surface area is 101 Å². The molecular formula is C12H12F3N3. The highest BCUT2D eigenvalue weighted by Gasteiger charge is 2.66. The molecule has 1 aliphatic carbocycles. The van der Waals surface area contributed by atoms with E-state index in [0.29, 0.717) is 11.0 Å². The highest BCUT2D eigenvalue weighted by atomic mass is 19.4. The third kappa shape index (κ3) is 1.28. The third-order valence-electron chi connectivity index (χ3n) is 3.58. The van der Waals surface area contributed by atoms with Crippen molar-refractivity contribution in [1.82, 2.24) is 9.55 Å². The Bertz CT molecular complexity index is 623. The number of nitrogens with zero attached hydrogens (tertiary/aromatic N) is 2. The molecule has 2 aromatic rings. The van der Waals surface area contributed by atoms with Crippen LogP contribution in [0.1, 0.15) is 18.4 Å². The first-order valence-corrected chi connectivity index (χ1v) is 5.67. The highest BCUT2D eigenvalue weighted by Crippen LogP contribution is 2.57. The van der Waals surface area contributed by atoms with E-state index < -0.39 is 11.7 Å². The van der Waals surface area contributed by atoms with Crippen LogP contribution in [0.3, 0.4) is 0 Å². The van der Waals surface area contributed by atoms with Gasteiger partial charge in [0.05, 0.1) is 11.0 Å². The van der Waals surface area contributed by atoms with Gasteiger partial charge in [-0.25, -0.2) is 4.98 Å². The molecule has 1 aromatic carbocycles. The summed E-state index contributed by atoms with van der Waals surface area (Å²) >= 11 is 0. The van der Waals surface area contributed by atoms with Crippen LogP contribution in [0.15, 0.2) is 18.2 Å². The number of aromatic nitrogens is 2. The summed E-state index contributed by atoms with van der Waals surface area (Å²) in [6, 6.07) is 5.22. The van der Waals surface area contributed by atoms with Crippen molar-refractivity contribution in [3.8, 4) is 0 Å². The summed E-state index contributed by atoms with van der Waals surface area (Å²) in [5.41, 5.74) is 5.61. The largest absolute Gasteiger partial charge is 0.412 e. The fourth-order valence-electron chi connectivity index (χ4n) is 2.50. The summed E-state index contributed by atoms with van der Waals surface area (Å²) in [5, 5.41) is 0. The van der Waals surface area contributed by atoms with Gasteiger partial charge in [-0.3, -0.25) is 4.57 Å². The standard InChI is InChI=1S/C12H12F3N3/c1-7-3-2-4-8-9(7)18(10(16)17-8)11(5-6-11)12(13,14)15/h2-4H,5-6H2,1H3,(H2,16,17). The summed E-state index contributed by atoms with van der Waals surface area (Å²) in [6.45, 7) is 1.77. The van der Waals surface area contributed by atoms with E-state index in [-0.39, 0.29) is 18.8 Å². The van der Waals surface area contributed by atoms with E-state index >= 15 is 0 Å². The average Bonchev–Trinajstić information content (AvgIpc) is 2.97. The Morgan fingerprint density at radius 2 is 2.00 bits per heavy atom. The molecule has 2 N–H and O–H groups in total. The minimum atomic E-state index is -4.29. The molecule has 0 amide bonds. The molecule has 0 unspecified atom stereocenters. The van der Waals surface area contributed by atoms with Crippen LogP contribution >= 0.6 is 0 Å². The van der Waals surface area contributed by atoms with Crippen LogP contribution in [-0.2, 0) is 5.54 Å². The Balaban J connectivity index is 2.34. The van der Waals surface area contributed by atoms with Crippen molar-refractivity contribution < 1.29 is 13.2 Å². The van der Waals surface area contributed by atoms with Crippen LogP contribution in [0.4, 0.5) is 19.1 Å². The van der Waals surface area contributed by atoms with Crippen molar-refractivity contribution in [2.45, 2.75) is 31.5 Å². The number of hydrogen-bond acceptors (Lipinski definition) is 2. The molecule has 0 saturated heterocycles. The van der Waals surface area contributed by atoms with E-state index in [1.807, 2.05) is 0 Å². The van der Waals surface area contributed by atoms with Gasteiger partial charge in [0.15, 0.2) is 0 Å². The number of nitrogens with two attached hydrogens (primary N) is 1. The van der Waals surface area contributed by atoms with Crippen molar-refractivity contribution in [2.75, 3.05) is 5.73 Å². The molecule has 18 heavy (non-hydrogen) atoms. The second-order valence-electron chi connectivity index (χ2n) is 4.78. The van der Waals surface area contributed by atoms with Crippen LogP contribution in [0, 0.1) is 6.92 Å². The van der Waals surface area contributed by atoms with E-state index in [9.17, 15) is 13.2 Å². The topological polar surface area (TPSA) is 43.8 Å². The predicted octanol–water partition coefficient (Wildman–Crippen LogP) is 2.98. The minimum Gasteiger partial charge on any atom is -0.369 e. The van der Waals surface area contributed by atoms with Gasteiger partial charge in [-0.15, -0.1) is 0 Å². The number of halogens is 3. The Kier molecular flexibility index (Phi) is 2.01. The summed E-state index contributed by atoms with van der Waals surface area (Å²) < 4.78 is 40.7. The number of rotatable bonds is 1. The maximum Gasteiger partial charge on any atom is 0.412 e. The third-order valence-corrected chi connectivity index (χ3v) is 3.58. The number of alkyl halides is 3. The number of anilines is 1. The van der Waals surface area contributed by atoms with Crippen molar-refractivity contribution in [2.24, 2.45) is 0 Å². The van der Waals surface area contributed by atoms with Crippen molar-refractivity contribution in [3.05, 3.63) is 23.8 Å². The number of para-hydroxylation sites is 1. The van der Waals surface area contributed by atoms with Gasteiger partial charge < -0.3 is 5.73 Å². The maximum atomic E-state index is 13.2. The summed E-state index contributed by atoms with van der Waals surface area (Å²) in [5.74, 6) is -0.0610. The lowest BCUT2D eigenvalue weighted by atomic mass is 10.1. The number of imidazole rings is 1. The lowest BCUT2D eigenvalue weighted by Crippen LogP contribution is -2.35. The molecule has 0 atom stereocenters. The quantitative estimate of drug-likeness (QED) is 0.851. The SMILES string of the molecule is Cc1cccc2nc(N)n(C3(C(F)(F)F)CC3)c12. The van der Waals surface area contributed by atoms with Gasteiger partial charge >= 0.3 is 6.18 Å². The van der Waals surface area contributed by atoms with Crippen LogP contribution in [0.25, 0.3) is 11.0 Å². The molecule has 0 radical (unpaired) electrons. The van der Waals surface area contributed by atoms with Gasteiger partial charge in [0, 0.05) is 0 Å². The van der Waals surface area contributed by atoms with E-state index in [1.54, 1.807) is 25.1 Å². The monoisotopic (exact) mass is 255 g/mol. The molecule has 6 heteroatoms. The fraction of sp³-hybridized carbons (Fsp3) is 0.417. The lowest BCUT2D eigenvalue weighted by Gasteiger charge is -2.23. The van der Waals surface area contributed by atoms with E-state index in [0.717, 1.165) is 10.1 Å². The summed E-state index contributed by atoms with van der Waals surface area (Å²) in [4.78, 5) is 4.03. The normalized spacial score (nSPS) is 18.2. The Morgan fingerprint density at radius 1 is 1.33 bits per heavy atom. The molecule has 1 aromatic heterocycles. The van der Waals surface area contributed by atoms with Gasteiger partial charge in [-0.1, -0.05) is 12.1 Å². The Morgan fingerprint density at radius 3 is 2.56 bits per heavy atom. The minimum absolute atomic E-state index is 0.0610. The predicted molar refractivity (Wildman–Crippen MR) is 62.1 cm³/mol. The Hall–Kier alpha value is -1.72. The van der Waals surface area contributed by atoms with Crippen LogP contribution in [0.2, 0.25) is 0 Å². The number of hydrogen-bond donors (Lipinski definition) is 1. The van der Waals surface area contributed by atoms with E-state index in [1.165, 1.54) is 0 Å². The van der Waals surface area contributed by atoms with Crippen molar-refractivity contribution in [3.63, 3.8) is 0 Å². The molecule has 1 fully saturated rings. The zero-order valence-corrected chi connectivity index (χ0v) is 9.75. The molecule has 0 aliphatic heterocycles. The smallest absolute Gasteiger partial charge is 0.369 e. The lowest BCUT2D eigenvalue weighted by molar-refractivity contribution is -0.178. The van der Waals surface area contributed by atoms with Gasteiger partial charge in [0.25, 0.3) is 0 Å². The molecule has 1 aliphatic rings. The molecule has 3 nitrogen and oxygen atoms in total. The molecule has 0 spiro atoms. The number of fused-ring (bicyclic) bond motifs is 1. The van der Waals surface area contributed by atoms with Crippen molar-refractivity contribution in [1.29, 1.82) is 0 Å². The zero-order valence-electron chi connectivity index (χ0n) is 9.75. The van der Waals surface area contributed by atoms with Gasteiger partial charge in [-0.2, -0.15) is 13.2 Å². The molecular weight excluding hydrogens is 243 g/mol. The first-order valence-electron chi connectivity index (χ1n) is 5.67. The summed E-state index contributed by atoms with van der Waals surface area (Å²) in [7, 11) is 0. The molecule has 3 rings (SSSR count). The average molecular weight is 255 g/mol. The van der Waals surface area contributed by atoms with Crippen LogP contribution in [0.5, 0.6) is 0 Å². The van der Waals surface area contributed by atoms with E-state index in [4.69, 9.17) is 5.73 Å². The van der Waals surface area contributed by atoms with Crippen LogP contribution in [-0.4, -0.2) is 15.7 Å². The van der Waals surface area contributed by atoms with E-state index in [2.05, 4.69) is 4.98 Å². The molecule has 1 heterocycles. The first kappa shape index (κ1) is 11.4. The fourth-order valence-corrected chi connectivity index (χ4v) is 2.50. The first-order chi connectivity index (χ1) is 8.37.